The molecule has 0 fully saturated rings. The number of nitrogens with zero attached hydrogens (tertiary/aromatic N) is 2. The summed E-state index contributed by atoms with van der Waals surface area (Å²) in [6, 6.07) is 4.31. The van der Waals surface area contributed by atoms with E-state index in [0.29, 0.717) is 6.54 Å². The minimum Gasteiger partial charge on any atom is -0.330 e. The second-order valence-corrected chi connectivity index (χ2v) is 5.17. The van der Waals surface area contributed by atoms with Crippen LogP contribution in [0.25, 0.3) is 0 Å². The van der Waals surface area contributed by atoms with Gasteiger partial charge in [0.05, 0.1) is 0 Å². The maximum Gasteiger partial charge on any atom is 0.210 e. The minimum atomic E-state index is 0.436. The Hall–Kier alpha value is -1.46. The third kappa shape index (κ3) is 2.62. The monoisotopic (exact) mass is 248 g/mol. The number of rotatable bonds is 3. The van der Waals surface area contributed by atoms with Crippen LogP contribution in [0.15, 0.2) is 12.1 Å². The highest BCUT2D eigenvalue weighted by atomic mass is 32.1. The molecule has 2 rings (SSSR count). The van der Waals surface area contributed by atoms with Gasteiger partial charge in [-0.3, -0.25) is 0 Å². The summed E-state index contributed by atoms with van der Waals surface area (Å²) >= 11 is 1.49. The van der Waals surface area contributed by atoms with Gasteiger partial charge in [0.1, 0.15) is 5.01 Å². The molecule has 3 N–H and O–H groups in total. The fourth-order valence-electron chi connectivity index (χ4n) is 1.87. The molecule has 0 atom stereocenters. The maximum absolute atomic E-state index is 5.52. The van der Waals surface area contributed by atoms with Crippen LogP contribution in [0.1, 0.15) is 21.7 Å². The SMILES string of the molecule is Cc1cc(C)c(Nc2nnc(CN)s2)c(C)c1. The molecule has 0 bridgehead atoms. The summed E-state index contributed by atoms with van der Waals surface area (Å²) in [4.78, 5) is 0. The second-order valence-electron chi connectivity index (χ2n) is 4.10. The smallest absolute Gasteiger partial charge is 0.210 e. The van der Waals surface area contributed by atoms with Gasteiger partial charge in [-0.25, -0.2) is 0 Å². The third-order valence-electron chi connectivity index (χ3n) is 2.55. The molecular formula is C12H16N4S. The summed E-state index contributed by atoms with van der Waals surface area (Å²) < 4.78 is 0. The Bertz CT molecular complexity index is 510. The van der Waals surface area contributed by atoms with E-state index >= 15 is 0 Å². The van der Waals surface area contributed by atoms with Gasteiger partial charge >= 0.3 is 0 Å². The van der Waals surface area contributed by atoms with E-state index in [-0.39, 0.29) is 0 Å². The fourth-order valence-corrected chi connectivity index (χ4v) is 2.49. The molecule has 1 aromatic carbocycles. The molecular weight excluding hydrogens is 232 g/mol. The average molecular weight is 248 g/mol. The lowest BCUT2D eigenvalue weighted by Crippen LogP contribution is -1.96. The summed E-state index contributed by atoms with van der Waals surface area (Å²) in [6.07, 6.45) is 0. The van der Waals surface area contributed by atoms with Crippen LogP contribution in [0.4, 0.5) is 10.8 Å². The molecule has 4 nitrogen and oxygen atoms in total. The largest absolute Gasteiger partial charge is 0.330 e. The zero-order valence-corrected chi connectivity index (χ0v) is 11.1. The summed E-state index contributed by atoms with van der Waals surface area (Å²) in [5.41, 5.74) is 10.3. The summed E-state index contributed by atoms with van der Waals surface area (Å²) in [5.74, 6) is 0. The number of benzene rings is 1. The van der Waals surface area contributed by atoms with Gasteiger partial charge in [-0.05, 0) is 31.9 Å². The highest BCUT2D eigenvalue weighted by Crippen LogP contribution is 2.27. The van der Waals surface area contributed by atoms with Crippen LogP contribution in [0.2, 0.25) is 0 Å². The minimum absolute atomic E-state index is 0.436. The lowest BCUT2D eigenvalue weighted by molar-refractivity contribution is 0.960. The Morgan fingerprint density at radius 3 is 2.35 bits per heavy atom. The van der Waals surface area contributed by atoms with Gasteiger partial charge in [-0.2, -0.15) is 0 Å². The van der Waals surface area contributed by atoms with E-state index in [1.54, 1.807) is 0 Å². The van der Waals surface area contributed by atoms with Gasteiger partial charge < -0.3 is 11.1 Å². The first-order chi connectivity index (χ1) is 8.10. The first kappa shape index (κ1) is 12.0. The molecule has 17 heavy (non-hydrogen) atoms. The number of hydrogen-bond acceptors (Lipinski definition) is 5. The lowest BCUT2D eigenvalue weighted by Gasteiger charge is -2.11. The number of anilines is 2. The molecule has 2 aromatic rings. The van der Waals surface area contributed by atoms with Crippen molar-refractivity contribution in [2.45, 2.75) is 27.3 Å². The topological polar surface area (TPSA) is 63.8 Å². The van der Waals surface area contributed by atoms with Crippen LogP contribution in [0.5, 0.6) is 0 Å². The number of hydrogen-bond donors (Lipinski definition) is 2. The van der Waals surface area contributed by atoms with Crippen molar-refractivity contribution in [1.82, 2.24) is 10.2 Å². The number of aryl methyl sites for hydroxylation is 3. The van der Waals surface area contributed by atoms with Gasteiger partial charge in [-0.15, -0.1) is 10.2 Å². The van der Waals surface area contributed by atoms with Gasteiger partial charge in [0.2, 0.25) is 5.13 Å². The molecule has 0 unspecified atom stereocenters. The highest BCUT2D eigenvalue weighted by molar-refractivity contribution is 7.15. The first-order valence-electron chi connectivity index (χ1n) is 5.47. The van der Waals surface area contributed by atoms with Crippen molar-refractivity contribution in [3.63, 3.8) is 0 Å². The number of nitrogens with two attached hydrogens (primary N) is 1. The van der Waals surface area contributed by atoms with Crippen molar-refractivity contribution >= 4 is 22.2 Å². The number of nitrogens with one attached hydrogen (secondary N) is 1. The predicted octanol–water partition coefficient (Wildman–Crippen LogP) is 2.67. The molecule has 0 amide bonds. The second kappa shape index (κ2) is 4.81. The Morgan fingerprint density at radius 1 is 1.18 bits per heavy atom. The summed E-state index contributed by atoms with van der Waals surface area (Å²) in [5, 5.41) is 13.0. The van der Waals surface area contributed by atoms with Crippen molar-refractivity contribution in [2.24, 2.45) is 5.73 Å². The predicted molar refractivity (Wildman–Crippen MR) is 71.7 cm³/mol. The van der Waals surface area contributed by atoms with Crippen molar-refractivity contribution in [2.75, 3.05) is 5.32 Å². The first-order valence-corrected chi connectivity index (χ1v) is 6.29. The zero-order valence-electron chi connectivity index (χ0n) is 10.2. The summed E-state index contributed by atoms with van der Waals surface area (Å²) in [6.45, 7) is 6.72. The van der Waals surface area contributed by atoms with Crippen molar-refractivity contribution in [3.8, 4) is 0 Å². The summed E-state index contributed by atoms with van der Waals surface area (Å²) in [7, 11) is 0. The van der Waals surface area contributed by atoms with E-state index in [1.807, 2.05) is 0 Å². The standard InChI is InChI=1S/C12H16N4S/c1-7-4-8(2)11(9(3)5-7)14-12-16-15-10(6-13)17-12/h4-5H,6,13H2,1-3H3,(H,14,16). The quantitative estimate of drug-likeness (QED) is 0.876. The van der Waals surface area contributed by atoms with Crippen LogP contribution in [-0.4, -0.2) is 10.2 Å². The Morgan fingerprint density at radius 2 is 1.82 bits per heavy atom. The maximum atomic E-state index is 5.52. The molecule has 0 radical (unpaired) electrons. The van der Waals surface area contributed by atoms with Crippen molar-refractivity contribution in [1.29, 1.82) is 0 Å². The van der Waals surface area contributed by atoms with E-state index in [0.717, 1.165) is 15.8 Å². The Balaban J connectivity index is 2.29. The molecule has 1 heterocycles. The van der Waals surface area contributed by atoms with Crippen LogP contribution in [0, 0.1) is 20.8 Å². The van der Waals surface area contributed by atoms with E-state index in [2.05, 4.69) is 48.4 Å². The molecule has 1 aromatic heterocycles. The Kier molecular flexibility index (Phi) is 3.40. The number of aromatic nitrogens is 2. The lowest BCUT2D eigenvalue weighted by atomic mass is 10.1. The van der Waals surface area contributed by atoms with Gasteiger partial charge in [0.15, 0.2) is 0 Å². The fraction of sp³-hybridized carbons (Fsp3) is 0.333. The van der Waals surface area contributed by atoms with Gasteiger partial charge in [0, 0.05) is 12.2 Å². The van der Waals surface area contributed by atoms with Crippen molar-refractivity contribution < 1.29 is 0 Å². The van der Waals surface area contributed by atoms with Crippen LogP contribution in [-0.2, 0) is 6.54 Å². The molecule has 0 aliphatic rings. The van der Waals surface area contributed by atoms with Crippen LogP contribution < -0.4 is 11.1 Å². The molecule has 0 saturated heterocycles. The third-order valence-corrected chi connectivity index (χ3v) is 3.41. The van der Waals surface area contributed by atoms with E-state index in [4.69, 9.17) is 5.73 Å². The molecule has 0 aliphatic carbocycles. The van der Waals surface area contributed by atoms with Crippen molar-refractivity contribution in [3.05, 3.63) is 33.8 Å². The molecule has 0 saturated carbocycles. The van der Waals surface area contributed by atoms with E-state index in [9.17, 15) is 0 Å². The zero-order chi connectivity index (χ0) is 12.4. The molecule has 5 heteroatoms. The van der Waals surface area contributed by atoms with Crippen LogP contribution >= 0.6 is 11.3 Å². The molecule has 90 valence electrons. The average Bonchev–Trinajstić information content (AvgIpc) is 2.71. The Labute approximate surface area is 105 Å². The molecule has 0 spiro atoms. The van der Waals surface area contributed by atoms with E-state index < -0.39 is 0 Å². The van der Waals surface area contributed by atoms with Gasteiger partial charge in [-0.1, -0.05) is 29.0 Å². The highest BCUT2D eigenvalue weighted by Gasteiger charge is 2.07. The van der Waals surface area contributed by atoms with Gasteiger partial charge in [0.25, 0.3) is 0 Å². The van der Waals surface area contributed by atoms with E-state index in [1.165, 1.54) is 28.0 Å². The van der Waals surface area contributed by atoms with Crippen LogP contribution in [0.3, 0.4) is 0 Å². The molecule has 0 aliphatic heterocycles. The normalized spacial score (nSPS) is 10.6.